The van der Waals surface area contributed by atoms with Crippen molar-refractivity contribution in [1.82, 2.24) is 0 Å². The van der Waals surface area contributed by atoms with Crippen molar-refractivity contribution in [3.63, 3.8) is 0 Å². The fourth-order valence-corrected chi connectivity index (χ4v) is 2.72. The van der Waals surface area contributed by atoms with E-state index in [1.807, 2.05) is 31.2 Å². The summed E-state index contributed by atoms with van der Waals surface area (Å²) in [5, 5.41) is 2.74. The number of esters is 1. The third-order valence-corrected chi connectivity index (χ3v) is 3.87. The van der Waals surface area contributed by atoms with Crippen LogP contribution in [0.5, 0.6) is 0 Å². The van der Waals surface area contributed by atoms with Gasteiger partial charge in [-0.2, -0.15) is 0 Å². The molecule has 1 aromatic rings. The van der Waals surface area contributed by atoms with Gasteiger partial charge in [0.25, 0.3) is 0 Å². The van der Waals surface area contributed by atoms with Crippen molar-refractivity contribution in [2.45, 2.75) is 44.4 Å². The van der Waals surface area contributed by atoms with Crippen LogP contribution >= 0.6 is 11.8 Å². The maximum Gasteiger partial charge on any atom is 0.305 e. The van der Waals surface area contributed by atoms with Crippen LogP contribution in [0.3, 0.4) is 0 Å². The first-order chi connectivity index (χ1) is 10.1. The number of unbranched alkanes of at least 4 members (excludes halogenated alkanes) is 2. The topological polar surface area (TPSA) is 55.4 Å². The van der Waals surface area contributed by atoms with Crippen LogP contribution in [0, 0.1) is 0 Å². The SMILES string of the molecule is CCOC(=O)CCCCCSc1ccc(NC(C)=O)cc1. The summed E-state index contributed by atoms with van der Waals surface area (Å²) in [5.74, 6) is 0.873. The molecule has 0 heterocycles. The van der Waals surface area contributed by atoms with Crippen molar-refractivity contribution in [2.24, 2.45) is 0 Å². The van der Waals surface area contributed by atoms with Gasteiger partial charge < -0.3 is 10.1 Å². The van der Waals surface area contributed by atoms with Gasteiger partial charge in [0, 0.05) is 23.9 Å². The molecule has 4 nitrogen and oxygen atoms in total. The van der Waals surface area contributed by atoms with Crippen molar-refractivity contribution < 1.29 is 14.3 Å². The van der Waals surface area contributed by atoms with Crippen LogP contribution in [0.2, 0.25) is 0 Å². The number of amides is 1. The minimum atomic E-state index is -0.0984. The Morgan fingerprint density at radius 3 is 2.48 bits per heavy atom. The number of hydrogen-bond acceptors (Lipinski definition) is 4. The average molecular weight is 309 g/mol. The Morgan fingerprint density at radius 1 is 1.14 bits per heavy atom. The van der Waals surface area contributed by atoms with E-state index >= 15 is 0 Å². The minimum Gasteiger partial charge on any atom is -0.466 e. The molecule has 0 aromatic heterocycles. The van der Waals surface area contributed by atoms with E-state index in [-0.39, 0.29) is 11.9 Å². The van der Waals surface area contributed by atoms with Gasteiger partial charge in [0.05, 0.1) is 6.61 Å². The van der Waals surface area contributed by atoms with Crippen molar-refractivity contribution in [2.75, 3.05) is 17.7 Å². The van der Waals surface area contributed by atoms with Gasteiger partial charge in [-0.15, -0.1) is 11.8 Å². The third kappa shape index (κ3) is 8.40. The van der Waals surface area contributed by atoms with Gasteiger partial charge >= 0.3 is 5.97 Å². The van der Waals surface area contributed by atoms with Crippen LogP contribution in [0.1, 0.15) is 39.5 Å². The molecule has 0 aliphatic carbocycles. The second-order valence-electron chi connectivity index (χ2n) is 4.67. The fourth-order valence-electron chi connectivity index (χ4n) is 1.81. The highest BCUT2D eigenvalue weighted by Gasteiger charge is 2.01. The third-order valence-electron chi connectivity index (χ3n) is 2.77. The lowest BCUT2D eigenvalue weighted by atomic mass is 10.2. The molecule has 0 bridgehead atoms. The molecule has 0 atom stereocenters. The summed E-state index contributed by atoms with van der Waals surface area (Å²) < 4.78 is 4.88. The molecule has 0 saturated carbocycles. The number of carbonyl (C=O) groups is 2. The first-order valence-electron chi connectivity index (χ1n) is 7.28. The normalized spacial score (nSPS) is 10.2. The van der Waals surface area contributed by atoms with Gasteiger partial charge in [-0.3, -0.25) is 9.59 Å². The van der Waals surface area contributed by atoms with E-state index < -0.39 is 0 Å². The van der Waals surface area contributed by atoms with E-state index in [4.69, 9.17) is 4.74 Å². The van der Waals surface area contributed by atoms with Crippen molar-refractivity contribution >= 4 is 29.3 Å². The zero-order valence-corrected chi connectivity index (χ0v) is 13.5. The molecule has 21 heavy (non-hydrogen) atoms. The second-order valence-corrected chi connectivity index (χ2v) is 5.84. The number of benzene rings is 1. The molecular weight excluding hydrogens is 286 g/mol. The van der Waals surface area contributed by atoms with Crippen LogP contribution in [0.25, 0.3) is 0 Å². The Bertz CT molecular complexity index is 445. The molecule has 0 saturated heterocycles. The molecule has 0 aliphatic rings. The lowest BCUT2D eigenvalue weighted by Crippen LogP contribution is -2.05. The molecular formula is C16H23NO3S. The molecule has 1 N–H and O–H groups in total. The summed E-state index contributed by atoms with van der Waals surface area (Å²) in [6, 6.07) is 7.83. The van der Waals surface area contributed by atoms with E-state index in [1.165, 1.54) is 11.8 Å². The quantitative estimate of drug-likeness (QED) is 0.427. The fraction of sp³-hybridized carbons (Fsp3) is 0.500. The highest BCUT2D eigenvalue weighted by Crippen LogP contribution is 2.21. The van der Waals surface area contributed by atoms with Gasteiger partial charge in [-0.25, -0.2) is 0 Å². The lowest BCUT2D eigenvalue weighted by molar-refractivity contribution is -0.143. The first-order valence-corrected chi connectivity index (χ1v) is 8.26. The van der Waals surface area contributed by atoms with E-state index in [9.17, 15) is 9.59 Å². The molecule has 0 fully saturated rings. The summed E-state index contributed by atoms with van der Waals surface area (Å²) in [7, 11) is 0. The number of hydrogen-bond donors (Lipinski definition) is 1. The van der Waals surface area contributed by atoms with Crippen molar-refractivity contribution in [1.29, 1.82) is 0 Å². The molecule has 0 unspecified atom stereocenters. The van der Waals surface area contributed by atoms with Gasteiger partial charge in [0.1, 0.15) is 0 Å². The molecule has 116 valence electrons. The summed E-state index contributed by atoms with van der Waals surface area (Å²) >= 11 is 1.79. The molecule has 1 rings (SSSR count). The summed E-state index contributed by atoms with van der Waals surface area (Å²) in [5.41, 5.74) is 0.821. The summed E-state index contributed by atoms with van der Waals surface area (Å²) in [4.78, 5) is 23.2. The van der Waals surface area contributed by atoms with Gasteiger partial charge in [-0.05, 0) is 49.8 Å². The summed E-state index contributed by atoms with van der Waals surface area (Å²) in [6.45, 7) is 3.79. The molecule has 0 spiro atoms. The van der Waals surface area contributed by atoms with E-state index in [2.05, 4.69) is 5.32 Å². The molecule has 0 radical (unpaired) electrons. The number of anilines is 1. The molecule has 1 aromatic carbocycles. The predicted octanol–water partition coefficient (Wildman–Crippen LogP) is 3.86. The molecule has 1 amide bonds. The van der Waals surface area contributed by atoms with Gasteiger partial charge in [-0.1, -0.05) is 6.42 Å². The summed E-state index contributed by atoms with van der Waals surface area (Å²) in [6.07, 6.45) is 3.53. The van der Waals surface area contributed by atoms with Gasteiger partial charge in [0.15, 0.2) is 0 Å². The monoisotopic (exact) mass is 309 g/mol. The Labute approximate surface area is 130 Å². The Morgan fingerprint density at radius 2 is 1.86 bits per heavy atom. The maximum absolute atomic E-state index is 11.1. The van der Waals surface area contributed by atoms with Crippen LogP contribution < -0.4 is 5.32 Å². The van der Waals surface area contributed by atoms with Crippen molar-refractivity contribution in [3.05, 3.63) is 24.3 Å². The lowest BCUT2D eigenvalue weighted by Gasteiger charge is -2.05. The van der Waals surface area contributed by atoms with E-state index in [0.29, 0.717) is 13.0 Å². The van der Waals surface area contributed by atoms with E-state index in [0.717, 1.165) is 30.7 Å². The number of carbonyl (C=O) groups excluding carboxylic acids is 2. The standard InChI is InChI=1S/C16H23NO3S/c1-3-20-16(19)7-5-4-6-12-21-15-10-8-14(9-11-15)17-13(2)18/h8-11H,3-7,12H2,1-2H3,(H,17,18). The Kier molecular flexibility index (Phi) is 8.59. The van der Waals surface area contributed by atoms with Gasteiger partial charge in [0.2, 0.25) is 5.91 Å². The van der Waals surface area contributed by atoms with Crippen LogP contribution in [-0.4, -0.2) is 24.2 Å². The molecule has 0 aliphatic heterocycles. The van der Waals surface area contributed by atoms with Crippen LogP contribution in [0.4, 0.5) is 5.69 Å². The zero-order chi connectivity index (χ0) is 15.5. The number of thioether (sulfide) groups is 1. The second kappa shape index (κ2) is 10.3. The largest absolute Gasteiger partial charge is 0.466 e. The molecule has 5 heteroatoms. The number of ether oxygens (including phenoxy) is 1. The van der Waals surface area contributed by atoms with E-state index in [1.54, 1.807) is 11.8 Å². The highest BCUT2D eigenvalue weighted by molar-refractivity contribution is 7.99. The average Bonchev–Trinajstić information content (AvgIpc) is 2.44. The smallest absolute Gasteiger partial charge is 0.305 e. The van der Waals surface area contributed by atoms with Crippen LogP contribution in [0.15, 0.2) is 29.2 Å². The number of rotatable bonds is 9. The van der Waals surface area contributed by atoms with Crippen molar-refractivity contribution in [3.8, 4) is 0 Å². The first kappa shape index (κ1) is 17.6. The maximum atomic E-state index is 11.1. The number of nitrogens with one attached hydrogen (secondary N) is 1. The Hall–Kier alpha value is -1.49. The minimum absolute atomic E-state index is 0.0583. The highest BCUT2D eigenvalue weighted by atomic mass is 32.2. The predicted molar refractivity (Wildman–Crippen MR) is 86.6 cm³/mol. The zero-order valence-electron chi connectivity index (χ0n) is 12.7. The van der Waals surface area contributed by atoms with Crippen LogP contribution in [-0.2, 0) is 14.3 Å². The Balaban J connectivity index is 2.12.